The van der Waals surface area contributed by atoms with E-state index in [9.17, 15) is 4.79 Å². The van der Waals surface area contributed by atoms with Crippen molar-refractivity contribution in [2.45, 2.75) is 50.8 Å². The Morgan fingerprint density at radius 3 is 2.95 bits per heavy atom. The molecular weight excluding hydrogens is 292 g/mol. The van der Waals surface area contributed by atoms with Crippen LogP contribution in [0, 0.1) is 6.92 Å². The Bertz CT molecular complexity index is 462. The maximum atomic E-state index is 12.0. The molecule has 1 saturated carbocycles. The Hall–Kier alpha value is -0.750. The highest BCUT2D eigenvalue weighted by Gasteiger charge is 2.27. The molecule has 0 aromatic carbocycles. The molecule has 1 aromatic heterocycles. The molecule has 20 heavy (non-hydrogen) atoms. The van der Waals surface area contributed by atoms with Crippen LogP contribution in [-0.2, 0) is 4.74 Å². The third-order valence-corrected chi connectivity index (χ3v) is 5.70. The summed E-state index contributed by atoms with van der Waals surface area (Å²) in [6, 6.07) is 0.423. The lowest BCUT2D eigenvalue weighted by molar-refractivity contribution is 0.0527. The third kappa shape index (κ3) is 3.47. The number of thioether (sulfide) groups is 1. The zero-order chi connectivity index (χ0) is 14.5. The molecule has 0 amide bonds. The fraction of sp³-hybridized carbons (Fsp3) is 0.714. The molecule has 2 rings (SSSR count). The van der Waals surface area contributed by atoms with E-state index in [0.717, 1.165) is 17.1 Å². The van der Waals surface area contributed by atoms with E-state index in [1.165, 1.54) is 30.8 Å². The number of nitrogens with one attached hydrogen (secondary N) is 1. The van der Waals surface area contributed by atoms with Gasteiger partial charge in [-0.2, -0.15) is 16.1 Å². The number of esters is 1. The van der Waals surface area contributed by atoms with E-state index in [0.29, 0.717) is 23.5 Å². The van der Waals surface area contributed by atoms with Gasteiger partial charge in [0.2, 0.25) is 0 Å². The summed E-state index contributed by atoms with van der Waals surface area (Å²) in [5, 5.41) is 5.02. The Labute approximate surface area is 128 Å². The molecule has 1 aliphatic rings. The molecule has 1 fully saturated rings. The maximum Gasteiger partial charge on any atom is 0.343 e. The van der Waals surface area contributed by atoms with Crippen molar-refractivity contribution in [2.24, 2.45) is 0 Å². The second-order valence-corrected chi connectivity index (χ2v) is 6.85. The van der Waals surface area contributed by atoms with E-state index >= 15 is 0 Å². The highest BCUT2D eigenvalue weighted by atomic mass is 32.2. The molecule has 112 valence electrons. The van der Waals surface area contributed by atoms with Crippen LogP contribution >= 0.6 is 23.3 Å². The summed E-state index contributed by atoms with van der Waals surface area (Å²) >= 11 is 3.28. The number of hydrogen-bond acceptors (Lipinski definition) is 6. The Morgan fingerprint density at radius 2 is 2.25 bits per heavy atom. The van der Waals surface area contributed by atoms with Crippen molar-refractivity contribution < 1.29 is 9.53 Å². The summed E-state index contributed by atoms with van der Waals surface area (Å²) < 4.78 is 9.44. The van der Waals surface area contributed by atoms with E-state index < -0.39 is 0 Å². The van der Waals surface area contributed by atoms with Crippen LogP contribution < -0.4 is 5.32 Å². The van der Waals surface area contributed by atoms with Crippen molar-refractivity contribution in [1.29, 1.82) is 0 Å². The lowest BCUT2D eigenvalue weighted by Gasteiger charge is -2.31. The monoisotopic (exact) mass is 314 g/mol. The van der Waals surface area contributed by atoms with Gasteiger partial charge in [-0.05, 0) is 44.5 Å². The number of ether oxygens (including phenoxy) is 1. The average molecular weight is 314 g/mol. The minimum atomic E-state index is -0.266. The molecule has 1 heterocycles. The molecule has 6 heteroatoms. The lowest BCUT2D eigenvalue weighted by atomic mass is 9.95. The summed E-state index contributed by atoms with van der Waals surface area (Å²) in [4.78, 5) is 12.0. The first-order valence-electron chi connectivity index (χ1n) is 7.10. The highest BCUT2D eigenvalue weighted by Crippen LogP contribution is 2.33. The van der Waals surface area contributed by atoms with Gasteiger partial charge in [-0.25, -0.2) is 4.79 Å². The number of carbonyl (C=O) groups excluding carboxylic acids is 1. The number of rotatable bonds is 5. The number of aromatic nitrogens is 1. The van der Waals surface area contributed by atoms with Crippen LogP contribution in [0.25, 0.3) is 0 Å². The zero-order valence-electron chi connectivity index (χ0n) is 12.3. The topological polar surface area (TPSA) is 51.2 Å². The normalized spacial score (nSPS) is 22.6. The molecular formula is C14H22N2O2S2. The quantitative estimate of drug-likeness (QED) is 0.840. The van der Waals surface area contributed by atoms with Crippen molar-refractivity contribution in [1.82, 2.24) is 4.37 Å². The first kappa shape index (κ1) is 15.6. The standard InChI is InChI=1S/C14H22N2O2S2/c1-4-18-14(17)12-9(2)16-20-13(12)15-10-7-5-6-8-11(10)19-3/h10-11,15H,4-8H2,1-3H3. The highest BCUT2D eigenvalue weighted by molar-refractivity contribution is 7.99. The average Bonchev–Trinajstić information content (AvgIpc) is 2.80. The molecule has 0 bridgehead atoms. The van der Waals surface area contributed by atoms with Gasteiger partial charge in [0.05, 0.1) is 12.3 Å². The summed E-state index contributed by atoms with van der Waals surface area (Å²) in [5.41, 5.74) is 1.37. The second kappa shape index (κ2) is 7.31. The molecule has 1 aromatic rings. The van der Waals surface area contributed by atoms with Crippen molar-refractivity contribution in [2.75, 3.05) is 18.2 Å². The second-order valence-electron chi connectivity index (χ2n) is 5.00. The predicted octanol–water partition coefficient (Wildman–Crippen LogP) is 3.71. The molecule has 0 radical (unpaired) electrons. The molecule has 0 aliphatic heterocycles. The molecule has 1 N–H and O–H groups in total. The summed E-state index contributed by atoms with van der Waals surface area (Å²) in [6.45, 7) is 4.08. The van der Waals surface area contributed by atoms with E-state index in [-0.39, 0.29) is 5.97 Å². The first-order chi connectivity index (χ1) is 9.67. The number of aryl methyl sites for hydroxylation is 1. The molecule has 0 spiro atoms. The van der Waals surface area contributed by atoms with Crippen LogP contribution in [-0.4, -0.2) is 34.5 Å². The number of anilines is 1. The molecule has 1 aliphatic carbocycles. The van der Waals surface area contributed by atoms with Crippen molar-refractivity contribution in [3.8, 4) is 0 Å². The van der Waals surface area contributed by atoms with Gasteiger partial charge in [0.15, 0.2) is 0 Å². The van der Waals surface area contributed by atoms with Gasteiger partial charge >= 0.3 is 5.97 Å². The van der Waals surface area contributed by atoms with E-state index in [1.54, 1.807) is 0 Å². The van der Waals surface area contributed by atoms with Gasteiger partial charge in [-0.3, -0.25) is 0 Å². The Balaban J connectivity index is 2.14. The Kier molecular flexibility index (Phi) is 5.72. The van der Waals surface area contributed by atoms with Gasteiger partial charge in [0, 0.05) is 11.3 Å². The zero-order valence-corrected chi connectivity index (χ0v) is 13.9. The van der Waals surface area contributed by atoms with Crippen LogP contribution in [0.4, 0.5) is 5.00 Å². The van der Waals surface area contributed by atoms with E-state index in [4.69, 9.17) is 4.74 Å². The van der Waals surface area contributed by atoms with Gasteiger partial charge in [-0.1, -0.05) is 12.8 Å². The summed E-state index contributed by atoms with van der Waals surface area (Å²) in [6.07, 6.45) is 7.11. The van der Waals surface area contributed by atoms with Gasteiger partial charge in [-0.15, -0.1) is 0 Å². The van der Waals surface area contributed by atoms with Gasteiger partial charge in [0.1, 0.15) is 10.6 Å². The Morgan fingerprint density at radius 1 is 1.50 bits per heavy atom. The predicted molar refractivity (Wildman–Crippen MR) is 86.0 cm³/mol. The van der Waals surface area contributed by atoms with Crippen LogP contribution in [0.3, 0.4) is 0 Å². The SMILES string of the molecule is CCOC(=O)c1c(C)nsc1NC1CCCCC1SC. The van der Waals surface area contributed by atoms with Gasteiger partial charge in [0.25, 0.3) is 0 Å². The smallest absolute Gasteiger partial charge is 0.343 e. The largest absolute Gasteiger partial charge is 0.462 e. The molecule has 2 atom stereocenters. The van der Waals surface area contributed by atoms with Crippen LogP contribution in [0.5, 0.6) is 0 Å². The van der Waals surface area contributed by atoms with Crippen molar-refractivity contribution >= 4 is 34.3 Å². The molecule has 0 saturated heterocycles. The molecule has 4 nitrogen and oxygen atoms in total. The van der Waals surface area contributed by atoms with Crippen LogP contribution in [0.2, 0.25) is 0 Å². The maximum absolute atomic E-state index is 12.0. The van der Waals surface area contributed by atoms with Gasteiger partial charge < -0.3 is 10.1 Å². The van der Waals surface area contributed by atoms with Crippen LogP contribution in [0.1, 0.15) is 48.7 Å². The lowest BCUT2D eigenvalue weighted by Crippen LogP contribution is -2.34. The minimum Gasteiger partial charge on any atom is -0.462 e. The number of nitrogens with zero attached hydrogens (tertiary/aromatic N) is 1. The number of hydrogen-bond donors (Lipinski definition) is 1. The minimum absolute atomic E-state index is 0.266. The third-order valence-electron chi connectivity index (χ3n) is 3.66. The fourth-order valence-corrected chi connectivity index (χ4v) is 4.41. The van der Waals surface area contributed by atoms with E-state index in [2.05, 4.69) is 15.9 Å². The number of carbonyl (C=O) groups is 1. The summed E-state index contributed by atoms with van der Waals surface area (Å²) in [7, 11) is 0. The first-order valence-corrected chi connectivity index (χ1v) is 9.16. The van der Waals surface area contributed by atoms with Crippen molar-refractivity contribution in [3.05, 3.63) is 11.3 Å². The summed E-state index contributed by atoms with van der Waals surface area (Å²) in [5.74, 6) is -0.266. The van der Waals surface area contributed by atoms with Crippen LogP contribution in [0.15, 0.2) is 0 Å². The van der Waals surface area contributed by atoms with Crippen molar-refractivity contribution in [3.63, 3.8) is 0 Å². The van der Waals surface area contributed by atoms with E-state index in [1.807, 2.05) is 25.6 Å². The molecule has 2 unspecified atom stereocenters. The fourth-order valence-electron chi connectivity index (χ4n) is 2.62.